The molecule has 0 unspecified atom stereocenters. The maximum absolute atomic E-state index is 12.5. The van der Waals surface area contributed by atoms with Gasteiger partial charge in [0.2, 0.25) is 0 Å². The van der Waals surface area contributed by atoms with Gasteiger partial charge < -0.3 is 9.84 Å². The van der Waals surface area contributed by atoms with E-state index in [4.69, 9.17) is 9.84 Å². The molecule has 0 aliphatic carbocycles. The molecule has 4 aromatic rings. The molecule has 0 aromatic heterocycles. The third-order valence-corrected chi connectivity index (χ3v) is 4.90. The monoisotopic (exact) mass is 424 g/mol. The molecule has 6 heteroatoms. The normalized spacial score (nSPS) is 10.9. The lowest BCUT2D eigenvalue weighted by atomic mass is 10.1. The van der Waals surface area contributed by atoms with Crippen LogP contribution < -0.4 is 10.2 Å². The van der Waals surface area contributed by atoms with Gasteiger partial charge in [0.05, 0.1) is 11.8 Å². The topological polar surface area (TPSA) is 88.0 Å². The molecule has 0 aliphatic heterocycles. The van der Waals surface area contributed by atoms with Gasteiger partial charge in [-0.2, -0.15) is 5.10 Å². The van der Waals surface area contributed by atoms with Crippen molar-refractivity contribution in [2.75, 3.05) is 0 Å². The molecule has 0 atom stereocenters. The van der Waals surface area contributed by atoms with Gasteiger partial charge in [-0.15, -0.1) is 0 Å². The summed E-state index contributed by atoms with van der Waals surface area (Å²) in [4.78, 5) is 23.4. The Balaban J connectivity index is 1.40. The van der Waals surface area contributed by atoms with Crippen LogP contribution in [-0.4, -0.2) is 23.2 Å². The van der Waals surface area contributed by atoms with Crippen LogP contribution in [-0.2, 0) is 6.61 Å². The summed E-state index contributed by atoms with van der Waals surface area (Å²) in [6, 6.07) is 27.1. The smallest absolute Gasteiger partial charge is 0.335 e. The van der Waals surface area contributed by atoms with E-state index in [1.54, 1.807) is 24.3 Å². The van der Waals surface area contributed by atoms with Gasteiger partial charge in [-0.25, -0.2) is 10.2 Å². The number of amides is 1. The number of carbonyl (C=O) groups excluding carboxylic acids is 1. The van der Waals surface area contributed by atoms with Crippen molar-refractivity contribution in [3.63, 3.8) is 0 Å². The van der Waals surface area contributed by atoms with Gasteiger partial charge in [0.25, 0.3) is 5.91 Å². The number of rotatable bonds is 7. The van der Waals surface area contributed by atoms with Crippen molar-refractivity contribution in [2.45, 2.75) is 6.61 Å². The number of nitrogens with zero attached hydrogens (tertiary/aromatic N) is 1. The summed E-state index contributed by atoms with van der Waals surface area (Å²) in [7, 11) is 0. The average Bonchev–Trinajstić information content (AvgIpc) is 2.83. The van der Waals surface area contributed by atoms with E-state index in [-0.39, 0.29) is 18.1 Å². The molecule has 1 amide bonds. The van der Waals surface area contributed by atoms with Crippen LogP contribution in [0, 0.1) is 0 Å². The maximum Gasteiger partial charge on any atom is 0.335 e. The number of hydrazone groups is 1. The number of aromatic carboxylic acids is 1. The van der Waals surface area contributed by atoms with Gasteiger partial charge >= 0.3 is 5.97 Å². The fourth-order valence-electron chi connectivity index (χ4n) is 3.18. The summed E-state index contributed by atoms with van der Waals surface area (Å²) in [6.07, 6.45) is 1.53. The number of hydrogen-bond acceptors (Lipinski definition) is 4. The summed E-state index contributed by atoms with van der Waals surface area (Å²) in [5.41, 5.74) is 4.84. The number of benzene rings is 4. The fourth-order valence-corrected chi connectivity index (χ4v) is 3.18. The Morgan fingerprint density at radius 1 is 0.844 bits per heavy atom. The highest BCUT2D eigenvalue weighted by Crippen LogP contribution is 2.18. The van der Waals surface area contributed by atoms with E-state index < -0.39 is 5.97 Å². The lowest BCUT2D eigenvalue weighted by molar-refractivity contribution is 0.0696. The number of nitrogens with one attached hydrogen (secondary N) is 1. The SMILES string of the molecule is O=C(O)c1ccc(COc2ccccc2/C=N\NC(=O)c2ccc3ccccc3c2)cc1. The molecule has 158 valence electrons. The van der Waals surface area contributed by atoms with E-state index in [1.807, 2.05) is 54.6 Å². The van der Waals surface area contributed by atoms with Crippen LogP contribution in [0.25, 0.3) is 10.8 Å². The molecule has 0 aliphatic rings. The van der Waals surface area contributed by atoms with Crippen LogP contribution in [0.5, 0.6) is 5.75 Å². The standard InChI is InChI=1S/C26H20N2O4/c29-25(22-14-13-19-5-1-2-6-21(19)15-22)28-27-16-23-7-3-4-8-24(23)32-17-18-9-11-20(12-10-18)26(30)31/h1-16H,17H2,(H,28,29)(H,30,31)/b27-16-. The number of ether oxygens (including phenoxy) is 1. The summed E-state index contributed by atoms with van der Waals surface area (Å²) < 4.78 is 5.86. The average molecular weight is 424 g/mol. The molecule has 0 saturated carbocycles. The molecule has 0 spiro atoms. The second kappa shape index (κ2) is 9.57. The molecular weight excluding hydrogens is 404 g/mol. The van der Waals surface area contributed by atoms with Gasteiger partial charge in [0.15, 0.2) is 0 Å². The highest BCUT2D eigenvalue weighted by molar-refractivity contribution is 5.99. The van der Waals surface area contributed by atoms with Crippen molar-refractivity contribution in [1.82, 2.24) is 5.43 Å². The van der Waals surface area contributed by atoms with E-state index >= 15 is 0 Å². The Labute approximate surface area is 184 Å². The lowest BCUT2D eigenvalue weighted by Crippen LogP contribution is -2.17. The zero-order valence-corrected chi connectivity index (χ0v) is 17.1. The number of hydrogen-bond donors (Lipinski definition) is 2. The number of fused-ring (bicyclic) bond motifs is 1. The Bertz CT molecular complexity index is 1300. The van der Waals surface area contributed by atoms with Crippen molar-refractivity contribution >= 4 is 28.9 Å². The third kappa shape index (κ3) is 4.99. The van der Waals surface area contributed by atoms with Crippen LogP contribution >= 0.6 is 0 Å². The first kappa shape index (κ1) is 20.8. The van der Waals surface area contributed by atoms with Gasteiger partial charge in [0, 0.05) is 11.1 Å². The maximum atomic E-state index is 12.5. The van der Waals surface area contributed by atoms with E-state index in [9.17, 15) is 9.59 Å². The minimum absolute atomic E-state index is 0.225. The quantitative estimate of drug-likeness (QED) is 0.327. The Morgan fingerprint density at radius 3 is 2.31 bits per heavy atom. The minimum Gasteiger partial charge on any atom is -0.488 e. The van der Waals surface area contributed by atoms with Crippen molar-refractivity contribution in [3.05, 3.63) is 113 Å². The van der Waals surface area contributed by atoms with Crippen LogP contribution in [0.4, 0.5) is 0 Å². The number of carboxylic acids is 1. The molecule has 0 bridgehead atoms. The molecular formula is C26H20N2O4. The molecule has 6 nitrogen and oxygen atoms in total. The van der Waals surface area contributed by atoms with Gasteiger partial charge in [-0.05, 0) is 52.7 Å². The number of carbonyl (C=O) groups is 2. The third-order valence-electron chi connectivity index (χ3n) is 4.90. The Kier molecular flexibility index (Phi) is 6.22. The predicted molar refractivity (Wildman–Crippen MR) is 123 cm³/mol. The lowest BCUT2D eigenvalue weighted by Gasteiger charge is -2.09. The number of carboxylic acid groups (broad SMARTS) is 1. The molecule has 0 heterocycles. The predicted octanol–water partition coefficient (Wildman–Crippen LogP) is 4.88. The van der Waals surface area contributed by atoms with Crippen LogP contribution in [0.1, 0.15) is 31.8 Å². The number of para-hydroxylation sites is 1. The molecule has 2 N–H and O–H groups in total. The first-order valence-electron chi connectivity index (χ1n) is 9.96. The highest BCUT2D eigenvalue weighted by Gasteiger charge is 2.07. The van der Waals surface area contributed by atoms with Gasteiger partial charge in [0.1, 0.15) is 12.4 Å². The fraction of sp³-hybridized carbons (Fsp3) is 0.0385. The van der Waals surface area contributed by atoms with Crippen LogP contribution in [0.15, 0.2) is 96.1 Å². The van der Waals surface area contributed by atoms with Crippen molar-refractivity contribution < 1.29 is 19.4 Å². The van der Waals surface area contributed by atoms with E-state index in [1.165, 1.54) is 18.3 Å². The summed E-state index contributed by atoms with van der Waals surface area (Å²) >= 11 is 0. The molecule has 0 saturated heterocycles. The van der Waals surface area contributed by atoms with Crippen molar-refractivity contribution in [2.24, 2.45) is 5.10 Å². The largest absolute Gasteiger partial charge is 0.488 e. The van der Waals surface area contributed by atoms with E-state index in [0.717, 1.165) is 16.3 Å². The minimum atomic E-state index is -0.968. The highest BCUT2D eigenvalue weighted by atomic mass is 16.5. The molecule has 4 aromatic carbocycles. The van der Waals surface area contributed by atoms with Crippen molar-refractivity contribution in [3.8, 4) is 5.75 Å². The van der Waals surface area contributed by atoms with Gasteiger partial charge in [-0.3, -0.25) is 4.79 Å². The Morgan fingerprint density at radius 2 is 1.53 bits per heavy atom. The first-order chi connectivity index (χ1) is 15.6. The van der Waals surface area contributed by atoms with E-state index in [0.29, 0.717) is 16.9 Å². The molecule has 0 fully saturated rings. The first-order valence-corrected chi connectivity index (χ1v) is 9.96. The van der Waals surface area contributed by atoms with Crippen LogP contribution in [0.2, 0.25) is 0 Å². The van der Waals surface area contributed by atoms with E-state index in [2.05, 4.69) is 10.5 Å². The summed E-state index contributed by atoms with van der Waals surface area (Å²) in [5, 5.41) is 15.1. The second-order valence-electron chi connectivity index (χ2n) is 7.09. The van der Waals surface area contributed by atoms with Crippen LogP contribution in [0.3, 0.4) is 0 Å². The zero-order chi connectivity index (χ0) is 22.3. The Hall–Kier alpha value is -4.45. The second-order valence-corrected chi connectivity index (χ2v) is 7.09. The molecule has 0 radical (unpaired) electrons. The zero-order valence-electron chi connectivity index (χ0n) is 17.1. The molecule has 32 heavy (non-hydrogen) atoms. The molecule has 4 rings (SSSR count). The van der Waals surface area contributed by atoms with Gasteiger partial charge in [-0.1, -0.05) is 54.6 Å². The summed E-state index contributed by atoms with van der Waals surface area (Å²) in [5.74, 6) is -0.674. The van der Waals surface area contributed by atoms with Crippen molar-refractivity contribution in [1.29, 1.82) is 0 Å². The summed E-state index contributed by atoms with van der Waals surface area (Å²) in [6.45, 7) is 0.272.